The lowest BCUT2D eigenvalue weighted by Crippen LogP contribution is -2.00. The van der Waals surface area contributed by atoms with Crippen molar-refractivity contribution in [3.63, 3.8) is 0 Å². The Morgan fingerprint density at radius 3 is 2.04 bits per heavy atom. The molecule has 12 rings (SSSR count). The zero-order valence-electron chi connectivity index (χ0n) is 47.6. The lowest BCUT2D eigenvalue weighted by Gasteiger charge is -2.10. The van der Waals surface area contributed by atoms with Crippen LogP contribution in [0.25, 0.3) is 122 Å². The minimum absolute atomic E-state index is 0.214. The molecule has 0 N–H and O–H groups in total. The molecule has 0 saturated heterocycles. The third-order valence-electron chi connectivity index (χ3n) is 9.24. The topological polar surface area (TPSA) is 78.1 Å². The second kappa shape index (κ2) is 11.5. The molecule has 6 heteroatoms. The molecule has 0 atom stereocenters. The van der Waals surface area contributed by atoms with E-state index in [-0.39, 0.29) is 43.9 Å². The number of nitrogens with zero attached hydrogens (tertiary/aromatic N) is 3. The summed E-state index contributed by atoms with van der Waals surface area (Å²) in [5.41, 5.74) is -2.82. The summed E-state index contributed by atoms with van der Waals surface area (Å²) >= 11 is 0. The maximum absolute atomic E-state index is 9.79. The highest BCUT2D eigenvalue weighted by atomic mass is 16.3. The van der Waals surface area contributed by atoms with Gasteiger partial charge in [-0.05, 0) is 70.9 Å². The lowest BCUT2D eigenvalue weighted by atomic mass is 10.0. The summed E-state index contributed by atoms with van der Waals surface area (Å²) in [5.74, 6) is -1.26. The van der Waals surface area contributed by atoms with Gasteiger partial charge in [-0.2, -0.15) is 0 Å². The van der Waals surface area contributed by atoms with Gasteiger partial charge in [0.25, 0.3) is 0 Å². The highest BCUT2D eigenvalue weighted by Crippen LogP contribution is 2.41. The molecular formula is C49H27N3O3. The van der Waals surface area contributed by atoms with Crippen molar-refractivity contribution >= 4 is 76.6 Å². The molecular weight excluding hydrogens is 679 g/mol. The largest absolute Gasteiger partial charge is 0.456 e. The van der Waals surface area contributed by atoms with E-state index in [9.17, 15) is 6.85 Å². The van der Waals surface area contributed by atoms with Gasteiger partial charge in [0, 0.05) is 54.4 Å². The van der Waals surface area contributed by atoms with Crippen molar-refractivity contribution in [2.75, 3.05) is 0 Å². The van der Waals surface area contributed by atoms with Gasteiger partial charge in [0.05, 0.1) is 27.4 Å². The average Bonchev–Trinajstić information content (AvgIpc) is 4.16. The van der Waals surface area contributed by atoms with Crippen LogP contribution in [0.4, 0.5) is 0 Å². The highest BCUT2D eigenvalue weighted by molar-refractivity contribution is 6.16. The van der Waals surface area contributed by atoms with Gasteiger partial charge in [-0.1, -0.05) is 109 Å². The molecule has 0 aliphatic rings. The zero-order chi connectivity index (χ0) is 53.4. The first kappa shape index (κ1) is 16.6. The number of hydrogen-bond acceptors (Lipinski definition) is 6. The van der Waals surface area contributed by atoms with E-state index in [4.69, 9.17) is 48.8 Å². The van der Waals surface area contributed by atoms with E-state index < -0.39 is 177 Å². The third kappa shape index (κ3) is 4.58. The van der Waals surface area contributed by atoms with Gasteiger partial charge in [0.2, 0.25) is 0 Å². The van der Waals surface area contributed by atoms with Crippen molar-refractivity contribution in [3.8, 4) is 45.3 Å². The first-order valence-electron chi connectivity index (χ1n) is 26.6. The summed E-state index contributed by atoms with van der Waals surface area (Å²) in [7, 11) is 0. The number of rotatable bonds is 4. The van der Waals surface area contributed by atoms with Crippen LogP contribution in [0.2, 0.25) is 0 Å². The van der Waals surface area contributed by atoms with Crippen LogP contribution in [0.3, 0.4) is 0 Å². The molecule has 0 amide bonds. The van der Waals surface area contributed by atoms with Crippen LogP contribution < -0.4 is 0 Å². The first-order chi connectivity index (χ1) is 35.6. The molecule has 0 bridgehead atoms. The molecule has 0 fully saturated rings. The molecule has 0 radical (unpaired) electrons. The van der Waals surface area contributed by atoms with Crippen LogP contribution in [0, 0.1) is 0 Å². The van der Waals surface area contributed by atoms with Crippen LogP contribution in [0.15, 0.2) is 177 Å². The Kier molecular flexibility index (Phi) is 3.46. The summed E-state index contributed by atoms with van der Waals surface area (Å²) in [6.07, 6.45) is 0. The highest BCUT2D eigenvalue weighted by Gasteiger charge is 2.21. The third-order valence-corrected chi connectivity index (χ3v) is 9.24. The van der Waals surface area contributed by atoms with Gasteiger partial charge in [0.1, 0.15) is 33.5 Å². The van der Waals surface area contributed by atoms with Gasteiger partial charge >= 0.3 is 0 Å². The summed E-state index contributed by atoms with van der Waals surface area (Å²) in [5, 5.41) is -0.925. The molecule has 6 nitrogen and oxygen atoms in total. The van der Waals surface area contributed by atoms with Gasteiger partial charge in [0.15, 0.2) is 17.5 Å². The van der Waals surface area contributed by atoms with E-state index in [1.165, 1.54) is 0 Å². The molecule has 4 heterocycles. The Morgan fingerprint density at radius 1 is 0.382 bits per heavy atom. The van der Waals surface area contributed by atoms with Crippen LogP contribution in [-0.2, 0) is 0 Å². The van der Waals surface area contributed by atoms with Crippen molar-refractivity contribution in [1.82, 2.24) is 15.0 Å². The van der Waals surface area contributed by atoms with Crippen molar-refractivity contribution in [3.05, 3.63) is 163 Å². The predicted molar refractivity (Wildman–Crippen MR) is 221 cm³/mol. The number of furan rings is 3. The van der Waals surface area contributed by atoms with Crippen LogP contribution in [-0.4, -0.2) is 15.0 Å². The molecule has 0 spiro atoms. The maximum Gasteiger partial charge on any atom is 0.164 e. The van der Waals surface area contributed by atoms with Crippen LogP contribution >= 0.6 is 0 Å². The number of benzene rings is 8. The molecule has 0 unspecified atom stereocenters. The summed E-state index contributed by atoms with van der Waals surface area (Å²) in [6.45, 7) is 0. The molecule has 8 aromatic carbocycles. The smallest absolute Gasteiger partial charge is 0.164 e. The normalized spacial score (nSPS) is 17.1. The molecule has 55 heavy (non-hydrogen) atoms. The standard InChI is InChI=1S/C49H27N3O3/c1-2-10-28(11-3-1)30-21-24-41-38(26-30)45-36(16-9-19-43(45)54-41)49-51-47(50-48(52-49)35-15-8-18-42-44(35)34-14-6-7-17-39(34)53-42)31-22-25-40-37(27-31)33-23-20-29-12-4-5-13-32(29)46(33)55-40/h1-27H/i1D,2D,3D,4D,5D,9D,10D,11D,12D,13D,16D,19D,20D,21D,22D,23D,24D,25D,26D,27D. The summed E-state index contributed by atoms with van der Waals surface area (Å²) in [4.78, 5) is 14.3. The number of hydrogen-bond donors (Lipinski definition) is 0. The van der Waals surface area contributed by atoms with Gasteiger partial charge < -0.3 is 13.3 Å². The quantitative estimate of drug-likeness (QED) is 0.180. The molecule has 0 aliphatic heterocycles. The Hall–Kier alpha value is -7.57. The minimum Gasteiger partial charge on any atom is -0.456 e. The maximum atomic E-state index is 9.79. The fourth-order valence-corrected chi connectivity index (χ4v) is 6.82. The Labute approximate surface area is 341 Å². The van der Waals surface area contributed by atoms with E-state index in [0.29, 0.717) is 21.9 Å². The lowest BCUT2D eigenvalue weighted by molar-refractivity contribution is 0.668. The van der Waals surface area contributed by atoms with E-state index in [0.717, 1.165) is 0 Å². The van der Waals surface area contributed by atoms with Crippen LogP contribution in [0.5, 0.6) is 0 Å². The van der Waals surface area contributed by atoms with Crippen molar-refractivity contribution in [1.29, 1.82) is 0 Å². The van der Waals surface area contributed by atoms with Crippen molar-refractivity contribution < 1.29 is 40.7 Å². The first-order valence-corrected chi connectivity index (χ1v) is 16.6. The van der Waals surface area contributed by atoms with E-state index in [2.05, 4.69) is 0 Å². The van der Waals surface area contributed by atoms with E-state index >= 15 is 0 Å². The Balaban J connectivity index is 1.25. The molecule has 4 aromatic heterocycles. The second-order valence-corrected chi connectivity index (χ2v) is 12.4. The predicted octanol–water partition coefficient (Wildman–Crippen LogP) is 13.4. The Morgan fingerprint density at radius 2 is 1.11 bits per heavy atom. The monoisotopic (exact) mass is 725 g/mol. The molecule has 12 aromatic rings. The summed E-state index contributed by atoms with van der Waals surface area (Å²) < 4.78 is 197. The van der Waals surface area contributed by atoms with E-state index in [1.807, 2.05) is 0 Å². The second-order valence-electron chi connectivity index (χ2n) is 12.4. The van der Waals surface area contributed by atoms with Crippen molar-refractivity contribution in [2.24, 2.45) is 0 Å². The zero-order valence-corrected chi connectivity index (χ0v) is 27.6. The fourth-order valence-electron chi connectivity index (χ4n) is 6.82. The molecule has 0 saturated carbocycles. The minimum atomic E-state index is -0.791. The average molecular weight is 726 g/mol. The number of fused-ring (bicyclic) bond motifs is 11. The number of aromatic nitrogens is 3. The molecule has 0 aliphatic carbocycles. The Bertz CT molecular complexity index is 4650. The van der Waals surface area contributed by atoms with Gasteiger partial charge in [-0.15, -0.1) is 0 Å². The number of para-hydroxylation sites is 1. The van der Waals surface area contributed by atoms with Crippen molar-refractivity contribution in [2.45, 2.75) is 0 Å². The summed E-state index contributed by atoms with van der Waals surface area (Å²) in [6, 6.07) is -2.34. The van der Waals surface area contributed by atoms with Crippen LogP contribution in [0.1, 0.15) is 27.4 Å². The van der Waals surface area contributed by atoms with Gasteiger partial charge in [-0.25, -0.2) is 15.0 Å². The van der Waals surface area contributed by atoms with Gasteiger partial charge in [-0.3, -0.25) is 0 Å². The fraction of sp³-hybridized carbons (Fsp3) is 0. The SMILES string of the molecule is [2H]c1c([2H])c([2H])c(-c2c([2H])c([2H])c3oc4c([2H])c([2H])c([2H])c(-c5nc(-c6c([2H])c([2H])c7oc8c9c([2H])c([2H])c([2H])c([2H])c9c([2H])c([2H])c8c7c6[2H])nc(-c6cccc7oc8ccccc8c67)n5)c4c3c2[2H])c([2H])c1[2H]. The molecule has 256 valence electrons. The van der Waals surface area contributed by atoms with E-state index in [1.54, 1.807) is 42.5 Å².